The van der Waals surface area contributed by atoms with Gasteiger partial charge in [0.15, 0.2) is 5.16 Å². The largest absolute Gasteiger partial charge is 0.350 e. The number of nitrogens with one attached hydrogen (secondary N) is 1. The number of hydrogen-bond acceptors (Lipinski definition) is 4. The lowest BCUT2D eigenvalue weighted by molar-refractivity contribution is 0.0952. The molecule has 3 rings (SSSR count). The first-order valence-electron chi connectivity index (χ1n) is 6.98. The Morgan fingerprint density at radius 1 is 1.41 bits per heavy atom. The van der Waals surface area contributed by atoms with Crippen LogP contribution in [0.15, 0.2) is 42.1 Å². The minimum atomic E-state index is -0.149. The number of carbonyl (C=O) groups excluding carboxylic acids is 1. The molecular formula is C15H17N5OS. The van der Waals surface area contributed by atoms with E-state index >= 15 is 0 Å². The summed E-state index contributed by atoms with van der Waals surface area (Å²) in [5, 5.41) is 3.83. The van der Waals surface area contributed by atoms with Gasteiger partial charge in [-0.2, -0.15) is 0 Å². The molecule has 0 radical (unpaired) electrons. The average molecular weight is 315 g/mol. The Hall–Kier alpha value is -2.28. The van der Waals surface area contributed by atoms with Crippen molar-refractivity contribution in [2.75, 3.05) is 12.3 Å². The molecule has 0 aliphatic carbocycles. The third-order valence-corrected chi connectivity index (χ3v) is 4.37. The highest BCUT2D eigenvalue weighted by atomic mass is 32.2. The molecule has 0 aliphatic rings. The van der Waals surface area contributed by atoms with Crippen LogP contribution in [0.3, 0.4) is 0 Å². The van der Waals surface area contributed by atoms with Gasteiger partial charge in [0.1, 0.15) is 11.3 Å². The Labute approximate surface area is 132 Å². The first-order chi connectivity index (χ1) is 10.6. The molecule has 1 amide bonds. The highest BCUT2D eigenvalue weighted by molar-refractivity contribution is 7.99. The predicted molar refractivity (Wildman–Crippen MR) is 86.2 cm³/mol. The summed E-state index contributed by atoms with van der Waals surface area (Å²) in [5.41, 5.74) is 2.30. The Bertz CT molecular complexity index is 807. The maximum absolute atomic E-state index is 12.1. The van der Waals surface area contributed by atoms with Crippen molar-refractivity contribution in [2.24, 2.45) is 7.05 Å². The average Bonchev–Trinajstić information content (AvgIpc) is 3.11. The quantitative estimate of drug-likeness (QED) is 0.577. The van der Waals surface area contributed by atoms with Crippen LogP contribution in [0.5, 0.6) is 0 Å². The highest BCUT2D eigenvalue weighted by Gasteiger charge is 2.11. The van der Waals surface area contributed by atoms with Gasteiger partial charge in [0.05, 0.1) is 0 Å². The lowest BCUT2D eigenvalue weighted by atomic mass is 10.3. The molecule has 6 nitrogen and oxygen atoms in total. The molecule has 7 heteroatoms. The van der Waals surface area contributed by atoms with E-state index in [1.54, 1.807) is 24.2 Å². The first kappa shape index (κ1) is 14.6. The van der Waals surface area contributed by atoms with Crippen molar-refractivity contribution < 1.29 is 4.79 Å². The van der Waals surface area contributed by atoms with Crippen molar-refractivity contribution in [1.29, 1.82) is 0 Å². The van der Waals surface area contributed by atoms with E-state index in [2.05, 4.69) is 15.3 Å². The van der Waals surface area contributed by atoms with Gasteiger partial charge < -0.3 is 14.3 Å². The van der Waals surface area contributed by atoms with Gasteiger partial charge in [0, 0.05) is 44.1 Å². The molecule has 0 saturated heterocycles. The summed E-state index contributed by atoms with van der Waals surface area (Å²) in [6.07, 6.45) is 7.31. The van der Waals surface area contributed by atoms with Gasteiger partial charge in [0.25, 0.3) is 5.91 Å². The Kier molecular flexibility index (Phi) is 4.15. The second kappa shape index (κ2) is 6.23. The summed E-state index contributed by atoms with van der Waals surface area (Å²) in [7, 11) is 1.95. The maximum Gasteiger partial charge on any atom is 0.271 e. The van der Waals surface area contributed by atoms with Crippen LogP contribution in [0.4, 0.5) is 0 Å². The lowest BCUT2D eigenvalue weighted by Crippen LogP contribution is -2.26. The third kappa shape index (κ3) is 2.99. The molecule has 0 aliphatic heterocycles. The first-order valence-corrected chi connectivity index (χ1v) is 7.96. The zero-order chi connectivity index (χ0) is 15.5. The minimum Gasteiger partial charge on any atom is -0.350 e. The number of rotatable bonds is 5. The van der Waals surface area contributed by atoms with Gasteiger partial charge >= 0.3 is 0 Å². The summed E-state index contributed by atoms with van der Waals surface area (Å²) in [6.45, 7) is 2.55. The molecule has 0 aromatic carbocycles. The molecule has 0 unspecified atom stereocenters. The zero-order valence-corrected chi connectivity index (χ0v) is 13.3. The van der Waals surface area contributed by atoms with Crippen LogP contribution in [0.1, 0.15) is 16.1 Å². The van der Waals surface area contributed by atoms with Crippen molar-refractivity contribution in [1.82, 2.24) is 24.3 Å². The Morgan fingerprint density at radius 2 is 2.27 bits per heavy atom. The molecule has 3 aromatic heterocycles. The number of thioether (sulfide) groups is 1. The molecule has 0 saturated carbocycles. The SMILES string of the molecule is Cc1cccn2cc(C(=O)NCCSc3nccn3C)nc12. The van der Waals surface area contributed by atoms with E-state index in [1.165, 1.54) is 0 Å². The third-order valence-electron chi connectivity index (χ3n) is 3.31. The minimum absolute atomic E-state index is 0.149. The van der Waals surface area contributed by atoms with Gasteiger partial charge in [-0.25, -0.2) is 9.97 Å². The number of aromatic nitrogens is 4. The van der Waals surface area contributed by atoms with E-state index in [0.717, 1.165) is 22.1 Å². The molecule has 3 aromatic rings. The van der Waals surface area contributed by atoms with E-state index in [-0.39, 0.29) is 5.91 Å². The number of pyridine rings is 1. The van der Waals surface area contributed by atoms with Gasteiger partial charge in [-0.15, -0.1) is 0 Å². The summed E-state index contributed by atoms with van der Waals surface area (Å²) in [5.74, 6) is 0.617. The van der Waals surface area contributed by atoms with E-state index in [1.807, 2.05) is 47.5 Å². The maximum atomic E-state index is 12.1. The number of aryl methyl sites for hydroxylation is 2. The summed E-state index contributed by atoms with van der Waals surface area (Å²) >= 11 is 1.61. The molecule has 0 spiro atoms. The second-order valence-corrected chi connectivity index (χ2v) is 6.04. The number of carbonyl (C=O) groups is 1. The zero-order valence-electron chi connectivity index (χ0n) is 12.5. The molecule has 22 heavy (non-hydrogen) atoms. The van der Waals surface area contributed by atoms with Crippen LogP contribution in [-0.2, 0) is 7.05 Å². The fourth-order valence-electron chi connectivity index (χ4n) is 2.15. The highest BCUT2D eigenvalue weighted by Crippen LogP contribution is 2.13. The molecule has 0 atom stereocenters. The van der Waals surface area contributed by atoms with Gasteiger partial charge in [-0.1, -0.05) is 17.8 Å². The normalized spacial score (nSPS) is 11.0. The topological polar surface area (TPSA) is 64.2 Å². The Balaban J connectivity index is 1.57. The van der Waals surface area contributed by atoms with Crippen LogP contribution in [0.2, 0.25) is 0 Å². The molecule has 3 heterocycles. The van der Waals surface area contributed by atoms with Crippen molar-refractivity contribution >= 4 is 23.3 Å². The van der Waals surface area contributed by atoms with Crippen molar-refractivity contribution in [2.45, 2.75) is 12.1 Å². The second-order valence-electron chi connectivity index (χ2n) is 4.97. The van der Waals surface area contributed by atoms with Crippen LogP contribution in [-0.4, -0.2) is 37.1 Å². The molecule has 0 fully saturated rings. The smallest absolute Gasteiger partial charge is 0.271 e. The van der Waals surface area contributed by atoms with Gasteiger partial charge in [-0.05, 0) is 18.6 Å². The molecule has 0 bridgehead atoms. The molecular weight excluding hydrogens is 298 g/mol. The number of amides is 1. The summed E-state index contributed by atoms with van der Waals surface area (Å²) in [4.78, 5) is 20.7. The number of nitrogens with zero attached hydrogens (tertiary/aromatic N) is 4. The van der Waals surface area contributed by atoms with Gasteiger partial charge in [0.2, 0.25) is 0 Å². The fraction of sp³-hybridized carbons (Fsp3) is 0.267. The standard InChI is InChI=1S/C15H17N5OS/c1-11-4-3-7-20-10-12(18-13(11)20)14(21)16-6-9-22-15-17-5-8-19(15)2/h3-5,7-8,10H,6,9H2,1-2H3,(H,16,21). The van der Waals surface area contributed by atoms with Crippen molar-refractivity contribution in [3.05, 3.63) is 48.2 Å². The number of hydrogen-bond donors (Lipinski definition) is 1. The number of imidazole rings is 2. The summed E-state index contributed by atoms with van der Waals surface area (Å²) < 4.78 is 3.82. The fourth-order valence-corrected chi connectivity index (χ4v) is 2.94. The van der Waals surface area contributed by atoms with E-state index in [9.17, 15) is 4.79 Å². The van der Waals surface area contributed by atoms with Crippen LogP contribution in [0, 0.1) is 6.92 Å². The van der Waals surface area contributed by atoms with E-state index in [0.29, 0.717) is 12.2 Å². The summed E-state index contributed by atoms with van der Waals surface area (Å²) in [6, 6.07) is 3.92. The lowest BCUT2D eigenvalue weighted by Gasteiger charge is -2.03. The predicted octanol–water partition coefficient (Wildman–Crippen LogP) is 1.90. The van der Waals surface area contributed by atoms with Crippen molar-refractivity contribution in [3.8, 4) is 0 Å². The van der Waals surface area contributed by atoms with Crippen LogP contribution >= 0.6 is 11.8 Å². The monoisotopic (exact) mass is 315 g/mol. The number of fused-ring (bicyclic) bond motifs is 1. The van der Waals surface area contributed by atoms with Gasteiger partial charge in [-0.3, -0.25) is 4.79 Å². The van der Waals surface area contributed by atoms with Crippen molar-refractivity contribution in [3.63, 3.8) is 0 Å². The van der Waals surface area contributed by atoms with E-state index < -0.39 is 0 Å². The van der Waals surface area contributed by atoms with Crippen LogP contribution < -0.4 is 5.32 Å². The van der Waals surface area contributed by atoms with E-state index in [4.69, 9.17) is 0 Å². The Morgan fingerprint density at radius 3 is 3.00 bits per heavy atom. The molecule has 114 valence electrons. The molecule has 1 N–H and O–H groups in total. The van der Waals surface area contributed by atoms with Crippen LogP contribution in [0.25, 0.3) is 5.65 Å².